The number of imidazole rings is 1. The molecule has 0 bridgehead atoms. The van der Waals surface area contributed by atoms with Gasteiger partial charge in [0.1, 0.15) is 10.6 Å². The van der Waals surface area contributed by atoms with Crippen molar-refractivity contribution < 1.29 is 14.0 Å². The Morgan fingerprint density at radius 1 is 1.29 bits per heavy atom. The molecule has 0 radical (unpaired) electrons. The molecule has 3 aromatic rings. The van der Waals surface area contributed by atoms with Gasteiger partial charge in [-0.25, -0.2) is 9.37 Å². The molecule has 0 spiro atoms. The third-order valence-electron chi connectivity index (χ3n) is 5.72. The van der Waals surface area contributed by atoms with Gasteiger partial charge in [-0.3, -0.25) is 14.0 Å². The third kappa shape index (κ3) is 4.27. The number of benzene rings is 1. The molecule has 1 saturated heterocycles. The number of para-hydroxylation sites is 1. The number of thiazole rings is 1. The molecule has 1 atom stereocenters. The number of likely N-dealkylation sites (tertiary alicyclic amines) is 1. The lowest BCUT2D eigenvalue weighted by atomic mass is 9.95. The van der Waals surface area contributed by atoms with E-state index < -0.39 is 0 Å². The van der Waals surface area contributed by atoms with Gasteiger partial charge in [-0.15, -0.1) is 11.3 Å². The summed E-state index contributed by atoms with van der Waals surface area (Å²) >= 11 is 1.66. The number of nitrogens with zero attached hydrogens (tertiary/aromatic N) is 3. The Hall–Kier alpha value is -2.94. The molecule has 1 fully saturated rings. The van der Waals surface area contributed by atoms with Crippen LogP contribution in [0.5, 0.6) is 0 Å². The Kier molecular flexibility index (Phi) is 5.95. The fraction of sp³-hybridized carbons (Fsp3) is 0.409. The molecule has 1 aliphatic rings. The van der Waals surface area contributed by atoms with E-state index in [2.05, 4.69) is 17.6 Å². The zero-order chi connectivity index (χ0) is 22.1. The molecule has 9 heteroatoms. The molecule has 31 heavy (non-hydrogen) atoms. The average molecular weight is 444 g/mol. The highest BCUT2D eigenvalue weighted by atomic mass is 32.1. The van der Waals surface area contributed by atoms with Gasteiger partial charge < -0.3 is 15.5 Å². The van der Waals surface area contributed by atoms with Crippen LogP contribution in [-0.4, -0.2) is 45.7 Å². The maximum Gasteiger partial charge on any atom is 0.241 e. The van der Waals surface area contributed by atoms with Crippen LogP contribution in [0.3, 0.4) is 0 Å². The number of hydrogen-bond acceptors (Lipinski definition) is 5. The number of rotatable bonds is 5. The molecule has 164 valence electrons. The van der Waals surface area contributed by atoms with Gasteiger partial charge in [-0.1, -0.05) is 12.1 Å². The van der Waals surface area contributed by atoms with Crippen LogP contribution in [-0.2, 0) is 9.59 Å². The molecule has 3 heterocycles. The fourth-order valence-electron chi connectivity index (χ4n) is 3.98. The molecule has 0 unspecified atom stereocenters. The van der Waals surface area contributed by atoms with E-state index >= 15 is 0 Å². The van der Waals surface area contributed by atoms with E-state index in [1.165, 1.54) is 17.9 Å². The Bertz CT molecular complexity index is 1140. The van der Waals surface area contributed by atoms with Gasteiger partial charge in [0.2, 0.25) is 17.8 Å². The Morgan fingerprint density at radius 3 is 2.81 bits per heavy atom. The summed E-state index contributed by atoms with van der Waals surface area (Å²) in [7, 11) is 0. The van der Waals surface area contributed by atoms with Gasteiger partial charge in [0.15, 0.2) is 0 Å². The summed E-state index contributed by atoms with van der Waals surface area (Å²) in [5.74, 6) is 0.0276. The standard InChI is InChI=1S/C22H26FN5O2S/c1-13-14(2)31-21-20(16-7-6-10-27(12-16)19(30)11-24-15(3)29)26-22(28(13)21)25-18-9-5-4-8-17(18)23/h4-5,8-9,16H,6-7,10-12H2,1-3H3,(H,24,29)(H,25,26)/t16-/m1/s1. The molecule has 2 N–H and O–H groups in total. The fourth-order valence-corrected chi connectivity index (χ4v) is 5.14. The quantitative estimate of drug-likeness (QED) is 0.630. The Morgan fingerprint density at radius 2 is 2.06 bits per heavy atom. The van der Waals surface area contributed by atoms with E-state index in [1.807, 2.05) is 11.3 Å². The summed E-state index contributed by atoms with van der Waals surface area (Å²) in [5.41, 5.74) is 2.36. The lowest BCUT2D eigenvalue weighted by molar-refractivity contribution is -0.133. The van der Waals surface area contributed by atoms with Gasteiger partial charge in [-0.2, -0.15) is 0 Å². The van der Waals surface area contributed by atoms with Crippen LogP contribution < -0.4 is 10.6 Å². The minimum atomic E-state index is -0.335. The topological polar surface area (TPSA) is 78.7 Å². The van der Waals surface area contributed by atoms with Crippen LogP contribution in [0.1, 0.15) is 41.9 Å². The first-order chi connectivity index (χ1) is 14.8. The van der Waals surface area contributed by atoms with E-state index in [9.17, 15) is 14.0 Å². The minimum absolute atomic E-state index is 0.0119. The van der Waals surface area contributed by atoms with E-state index in [4.69, 9.17) is 4.98 Å². The molecule has 2 amide bonds. The van der Waals surface area contributed by atoms with Crippen molar-refractivity contribution in [3.05, 3.63) is 46.3 Å². The minimum Gasteiger partial charge on any atom is -0.347 e. The number of amides is 2. The zero-order valence-electron chi connectivity index (χ0n) is 17.9. The summed E-state index contributed by atoms with van der Waals surface area (Å²) in [4.78, 5) is 32.5. The summed E-state index contributed by atoms with van der Waals surface area (Å²) < 4.78 is 16.3. The van der Waals surface area contributed by atoms with Crippen molar-refractivity contribution in [2.45, 2.75) is 39.5 Å². The van der Waals surface area contributed by atoms with Crippen molar-refractivity contribution in [3.63, 3.8) is 0 Å². The average Bonchev–Trinajstić information content (AvgIpc) is 3.25. The van der Waals surface area contributed by atoms with E-state index in [1.54, 1.807) is 34.4 Å². The molecule has 1 aromatic carbocycles. The Labute approximate surface area is 184 Å². The van der Waals surface area contributed by atoms with Crippen LogP contribution >= 0.6 is 11.3 Å². The first kappa shape index (κ1) is 21.3. The molecular formula is C22H26FN5O2S. The lowest BCUT2D eigenvalue weighted by Gasteiger charge is -2.32. The number of halogens is 1. The Balaban J connectivity index is 1.64. The van der Waals surface area contributed by atoms with Gasteiger partial charge >= 0.3 is 0 Å². The lowest BCUT2D eigenvalue weighted by Crippen LogP contribution is -2.44. The first-order valence-corrected chi connectivity index (χ1v) is 11.2. The van der Waals surface area contributed by atoms with Gasteiger partial charge in [0, 0.05) is 36.5 Å². The molecule has 0 aliphatic carbocycles. The van der Waals surface area contributed by atoms with Crippen LogP contribution in [0, 0.1) is 19.7 Å². The molecular weight excluding hydrogens is 417 g/mol. The number of aromatic nitrogens is 2. The number of nitrogens with one attached hydrogen (secondary N) is 2. The van der Waals surface area contributed by atoms with E-state index in [0.29, 0.717) is 24.7 Å². The maximum atomic E-state index is 14.2. The molecule has 2 aromatic heterocycles. The van der Waals surface area contributed by atoms with Crippen LogP contribution in [0.4, 0.5) is 16.0 Å². The normalized spacial score (nSPS) is 16.5. The predicted octanol–water partition coefficient (Wildman–Crippen LogP) is 3.74. The van der Waals surface area contributed by atoms with Crippen molar-refractivity contribution in [1.82, 2.24) is 19.6 Å². The van der Waals surface area contributed by atoms with Crippen molar-refractivity contribution in [2.24, 2.45) is 0 Å². The number of piperidine rings is 1. The van der Waals surface area contributed by atoms with Gasteiger partial charge in [0.25, 0.3) is 0 Å². The van der Waals surface area contributed by atoms with Crippen LogP contribution in [0.15, 0.2) is 24.3 Å². The van der Waals surface area contributed by atoms with Crippen LogP contribution in [0.25, 0.3) is 4.83 Å². The number of anilines is 2. The maximum absolute atomic E-state index is 14.2. The SMILES string of the molecule is CC(=O)NCC(=O)N1CCC[C@@H](c2nc(Nc3ccccc3F)n3c(C)c(C)sc23)C1. The smallest absolute Gasteiger partial charge is 0.241 e. The predicted molar refractivity (Wildman–Crippen MR) is 119 cm³/mol. The second kappa shape index (κ2) is 8.66. The molecule has 1 aliphatic heterocycles. The highest BCUT2D eigenvalue weighted by Crippen LogP contribution is 2.37. The van der Waals surface area contributed by atoms with Crippen LogP contribution in [0.2, 0.25) is 0 Å². The molecule has 7 nitrogen and oxygen atoms in total. The third-order valence-corrected chi connectivity index (χ3v) is 6.91. The molecule has 0 saturated carbocycles. The number of carbonyl (C=O) groups excluding carboxylic acids is 2. The summed E-state index contributed by atoms with van der Waals surface area (Å²) in [6.07, 6.45) is 1.79. The second-order valence-electron chi connectivity index (χ2n) is 7.90. The van der Waals surface area contributed by atoms with Crippen molar-refractivity contribution in [3.8, 4) is 0 Å². The highest BCUT2D eigenvalue weighted by molar-refractivity contribution is 7.17. The summed E-state index contributed by atoms with van der Waals surface area (Å²) in [5, 5.41) is 5.73. The molecule has 4 rings (SSSR count). The van der Waals surface area contributed by atoms with E-state index in [-0.39, 0.29) is 30.1 Å². The second-order valence-corrected chi connectivity index (χ2v) is 9.10. The monoisotopic (exact) mass is 443 g/mol. The van der Waals surface area contributed by atoms with Crippen molar-refractivity contribution >= 4 is 39.6 Å². The largest absolute Gasteiger partial charge is 0.347 e. The van der Waals surface area contributed by atoms with Crippen molar-refractivity contribution in [2.75, 3.05) is 25.0 Å². The zero-order valence-corrected chi connectivity index (χ0v) is 18.7. The first-order valence-electron chi connectivity index (χ1n) is 10.4. The number of fused-ring (bicyclic) bond motifs is 1. The van der Waals surface area contributed by atoms with E-state index in [0.717, 1.165) is 29.1 Å². The van der Waals surface area contributed by atoms with Gasteiger partial charge in [-0.05, 0) is 38.8 Å². The highest BCUT2D eigenvalue weighted by Gasteiger charge is 2.30. The number of carbonyl (C=O) groups is 2. The summed E-state index contributed by atoms with van der Waals surface area (Å²) in [6.45, 7) is 6.74. The van der Waals surface area contributed by atoms with Crippen molar-refractivity contribution in [1.29, 1.82) is 0 Å². The summed E-state index contributed by atoms with van der Waals surface area (Å²) in [6, 6.07) is 6.54. The van der Waals surface area contributed by atoms with Gasteiger partial charge in [0.05, 0.1) is 17.9 Å². The number of hydrogen-bond donors (Lipinski definition) is 2. The number of aryl methyl sites for hydroxylation is 2.